The summed E-state index contributed by atoms with van der Waals surface area (Å²) >= 11 is 3.38. The molecule has 0 radical (unpaired) electrons. The van der Waals surface area contributed by atoms with Crippen molar-refractivity contribution in [3.63, 3.8) is 0 Å². The Hall–Kier alpha value is -0.900. The van der Waals surface area contributed by atoms with Crippen LogP contribution in [0, 0.1) is 0 Å². The molecule has 0 aliphatic carbocycles. The third kappa shape index (κ3) is 1.58. The highest BCUT2D eigenvalue weighted by Crippen LogP contribution is 2.17. The van der Waals surface area contributed by atoms with Crippen LogP contribution in [0.5, 0.6) is 0 Å². The number of aromatic nitrogens is 3. The maximum atomic E-state index is 4.34. The van der Waals surface area contributed by atoms with E-state index in [0.29, 0.717) is 6.04 Å². The van der Waals surface area contributed by atoms with Crippen molar-refractivity contribution in [2.75, 3.05) is 0 Å². The van der Waals surface area contributed by atoms with Crippen molar-refractivity contribution < 1.29 is 0 Å². The third-order valence-corrected chi connectivity index (χ3v) is 2.31. The molecule has 2 aromatic rings. The maximum absolute atomic E-state index is 4.34. The first-order chi connectivity index (χ1) is 6.16. The topological polar surface area (TPSA) is 30.7 Å². The van der Waals surface area contributed by atoms with Crippen LogP contribution < -0.4 is 0 Å². The van der Waals surface area contributed by atoms with Crippen molar-refractivity contribution in [1.82, 2.24) is 14.8 Å². The fraction of sp³-hybridized carbons (Fsp3) is 0.333. The standard InChI is InChI=1S/C9H10BrN3/c1-6(2)13-5-7-3-8(10)4-11-9(7)12-13/h3-6H,1-2H3. The normalized spacial score (nSPS) is 11.4. The Balaban J connectivity index is 2.62. The highest BCUT2D eigenvalue weighted by atomic mass is 79.9. The summed E-state index contributed by atoms with van der Waals surface area (Å²) in [5.41, 5.74) is 0.803. The summed E-state index contributed by atoms with van der Waals surface area (Å²) in [6, 6.07) is 2.40. The molecule has 0 fully saturated rings. The Labute approximate surface area is 84.9 Å². The van der Waals surface area contributed by atoms with Crippen molar-refractivity contribution in [3.05, 3.63) is 22.9 Å². The van der Waals surface area contributed by atoms with Gasteiger partial charge in [0.15, 0.2) is 5.65 Å². The van der Waals surface area contributed by atoms with Crippen LogP contribution in [-0.2, 0) is 0 Å². The van der Waals surface area contributed by atoms with Crippen LogP contribution >= 0.6 is 15.9 Å². The Morgan fingerprint density at radius 1 is 1.46 bits per heavy atom. The molecule has 0 saturated carbocycles. The number of hydrogen-bond acceptors (Lipinski definition) is 2. The second-order valence-electron chi connectivity index (χ2n) is 3.27. The summed E-state index contributed by atoms with van der Waals surface area (Å²) < 4.78 is 2.91. The molecule has 0 amide bonds. The Kier molecular flexibility index (Phi) is 2.07. The van der Waals surface area contributed by atoms with Crippen molar-refractivity contribution in [2.24, 2.45) is 0 Å². The van der Waals surface area contributed by atoms with Gasteiger partial charge in [-0.25, -0.2) is 4.98 Å². The molecule has 2 heterocycles. The molecule has 68 valence electrons. The zero-order chi connectivity index (χ0) is 9.42. The maximum Gasteiger partial charge on any atom is 0.181 e. The van der Waals surface area contributed by atoms with Crippen LogP contribution in [0.3, 0.4) is 0 Å². The minimum Gasteiger partial charge on any atom is -0.267 e. The second-order valence-corrected chi connectivity index (χ2v) is 4.18. The first kappa shape index (κ1) is 8.69. The van der Waals surface area contributed by atoms with E-state index in [1.54, 1.807) is 6.20 Å². The van der Waals surface area contributed by atoms with Gasteiger partial charge in [0.25, 0.3) is 0 Å². The van der Waals surface area contributed by atoms with E-state index in [1.807, 2.05) is 16.9 Å². The number of rotatable bonds is 1. The van der Waals surface area contributed by atoms with E-state index in [9.17, 15) is 0 Å². The molecule has 0 saturated heterocycles. The van der Waals surface area contributed by atoms with Crippen molar-refractivity contribution in [3.8, 4) is 0 Å². The largest absolute Gasteiger partial charge is 0.267 e. The lowest BCUT2D eigenvalue weighted by Crippen LogP contribution is -2.00. The number of fused-ring (bicyclic) bond motifs is 1. The highest BCUT2D eigenvalue weighted by molar-refractivity contribution is 9.10. The lowest BCUT2D eigenvalue weighted by Gasteiger charge is -2.01. The molecular weight excluding hydrogens is 230 g/mol. The Bertz CT molecular complexity index is 433. The summed E-state index contributed by atoms with van der Waals surface area (Å²) in [6.45, 7) is 4.20. The third-order valence-electron chi connectivity index (χ3n) is 1.87. The van der Waals surface area contributed by atoms with Crippen molar-refractivity contribution in [1.29, 1.82) is 0 Å². The number of halogens is 1. The van der Waals surface area contributed by atoms with Gasteiger partial charge in [0.1, 0.15) is 0 Å². The van der Waals surface area contributed by atoms with Gasteiger partial charge in [-0.2, -0.15) is 5.10 Å². The molecule has 2 aromatic heterocycles. The minimum absolute atomic E-state index is 0.382. The lowest BCUT2D eigenvalue weighted by atomic mass is 10.3. The smallest absolute Gasteiger partial charge is 0.181 e. The number of nitrogens with zero attached hydrogens (tertiary/aromatic N) is 3. The van der Waals surface area contributed by atoms with E-state index in [-0.39, 0.29) is 0 Å². The summed E-state index contributed by atoms with van der Waals surface area (Å²) in [4.78, 5) is 4.20. The zero-order valence-electron chi connectivity index (χ0n) is 7.53. The summed E-state index contributed by atoms with van der Waals surface area (Å²) in [5, 5.41) is 5.41. The van der Waals surface area contributed by atoms with Gasteiger partial charge < -0.3 is 0 Å². The van der Waals surface area contributed by atoms with Gasteiger partial charge in [0.2, 0.25) is 0 Å². The summed E-state index contributed by atoms with van der Waals surface area (Å²) in [5.74, 6) is 0. The minimum atomic E-state index is 0.382. The van der Waals surface area contributed by atoms with Gasteiger partial charge in [-0.1, -0.05) is 0 Å². The molecule has 0 aromatic carbocycles. The van der Waals surface area contributed by atoms with Crippen molar-refractivity contribution >= 4 is 27.0 Å². The highest BCUT2D eigenvalue weighted by Gasteiger charge is 2.04. The predicted octanol–water partition coefficient (Wildman–Crippen LogP) is 2.77. The van der Waals surface area contributed by atoms with E-state index in [1.165, 1.54) is 0 Å². The van der Waals surface area contributed by atoms with E-state index >= 15 is 0 Å². The average Bonchev–Trinajstić information content (AvgIpc) is 2.46. The summed E-state index contributed by atoms with van der Waals surface area (Å²) in [6.07, 6.45) is 3.78. The second kappa shape index (κ2) is 3.10. The molecule has 13 heavy (non-hydrogen) atoms. The lowest BCUT2D eigenvalue weighted by molar-refractivity contribution is 0.536. The van der Waals surface area contributed by atoms with Crippen LogP contribution in [-0.4, -0.2) is 14.8 Å². The first-order valence-electron chi connectivity index (χ1n) is 4.17. The van der Waals surface area contributed by atoms with Crippen LogP contribution in [0.4, 0.5) is 0 Å². The number of hydrogen-bond donors (Lipinski definition) is 0. The quantitative estimate of drug-likeness (QED) is 0.767. The van der Waals surface area contributed by atoms with Crippen molar-refractivity contribution in [2.45, 2.75) is 19.9 Å². The van der Waals surface area contributed by atoms with Gasteiger partial charge in [0.05, 0.1) is 0 Å². The molecule has 0 aliphatic rings. The van der Waals surface area contributed by atoms with E-state index in [2.05, 4.69) is 39.9 Å². The van der Waals surface area contributed by atoms with Crippen LogP contribution in [0.1, 0.15) is 19.9 Å². The predicted molar refractivity (Wildman–Crippen MR) is 55.6 cm³/mol. The van der Waals surface area contributed by atoms with Gasteiger partial charge >= 0.3 is 0 Å². The summed E-state index contributed by atoms with van der Waals surface area (Å²) in [7, 11) is 0. The van der Waals surface area contributed by atoms with Gasteiger partial charge in [-0.15, -0.1) is 0 Å². The Morgan fingerprint density at radius 2 is 2.23 bits per heavy atom. The monoisotopic (exact) mass is 239 g/mol. The van der Waals surface area contributed by atoms with Gasteiger partial charge in [0, 0.05) is 28.3 Å². The molecular formula is C9H10BrN3. The SMILES string of the molecule is CC(C)n1cc2cc(Br)cnc2n1. The molecule has 0 aliphatic heterocycles. The molecule has 4 heteroatoms. The molecule has 0 atom stereocenters. The van der Waals surface area contributed by atoms with Crippen LogP contribution in [0.25, 0.3) is 11.0 Å². The van der Waals surface area contributed by atoms with Crippen LogP contribution in [0.15, 0.2) is 22.9 Å². The van der Waals surface area contributed by atoms with E-state index in [0.717, 1.165) is 15.5 Å². The fourth-order valence-corrected chi connectivity index (χ4v) is 1.52. The van der Waals surface area contributed by atoms with E-state index < -0.39 is 0 Å². The van der Waals surface area contributed by atoms with Gasteiger partial charge in [-0.3, -0.25) is 4.68 Å². The van der Waals surface area contributed by atoms with Gasteiger partial charge in [-0.05, 0) is 35.8 Å². The molecule has 0 N–H and O–H groups in total. The van der Waals surface area contributed by atoms with E-state index in [4.69, 9.17) is 0 Å². The first-order valence-corrected chi connectivity index (χ1v) is 4.96. The average molecular weight is 240 g/mol. The molecule has 0 unspecified atom stereocenters. The molecule has 0 bridgehead atoms. The fourth-order valence-electron chi connectivity index (χ4n) is 1.17. The molecule has 2 rings (SSSR count). The zero-order valence-corrected chi connectivity index (χ0v) is 9.12. The van der Waals surface area contributed by atoms with Crippen LogP contribution in [0.2, 0.25) is 0 Å². The molecule has 0 spiro atoms. The number of pyridine rings is 1. The Morgan fingerprint density at radius 3 is 2.92 bits per heavy atom. The molecule has 3 nitrogen and oxygen atoms in total.